The molecule has 4 atom stereocenters. The Morgan fingerprint density at radius 3 is 0.863 bits per heavy atom. The molecule has 0 rings (SSSR count). The fourth-order valence-electron chi connectivity index (χ4n) is 10.7. The molecule has 0 aromatic carbocycles. The molecule has 0 aromatic rings. The third-order valence-electron chi connectivity index (χ3n) is 15.9. The molecule has 434 valence electrons. The van der Waals surface area contributed by atoms with Gasteiger partial charge in [0.25, 0.3) is 0 Å². The molecule has 0 fully saturated rings. The average Bonchev–Trinajstić information content (AvgIpc) is 3.40. The van der Waals surface area contributed by atoms with Gasteiger partial charge in [-0.05, 0) is 44.9 Å². The van der Waals surface area contributed by atoms with E-state index in [0.717, 1.165) is 44.9 Å². The third kappa shape index (κ3) is 55.4. The summed E-state index contributed by atoms with van der Waals surface area (Å²) in [7, 11) is 0. The minimum absolute atomic E-state index is 0.370. The average molecular weight is 1030 g/mol. The SMILES string of the molecule is CCCCCCCCCCC/C=C\C/C=C\CCCCCCCCCCCCCCC(O)C(=O)NC(CO)C(O)C(O)CCCCCCCCCCCCCCCCCCCCCCCCCCCCCCC. The van der Waals surface area contributed by atoms with E-state index in [9.17, 15) is 25.2 Å². The van der Waals surface area contributed by atoms with Gasteiger partial charge in [-0.2, -0.15) is 0 Å². The molecular weight excluding hydrogens is 899 g/mol. The Morgan fingerprint density at radius 2 is 0.589 bits per heavy atom. The van der Waals surface area contributed by atoms with Crippen molar-refractivity contribution >= 4 is 5.91 Å². The maximum absolute atomic E-state index is 12.6. The molecule has 73 heavy (non-hydrogen) atoms. The molecule has 6 nitrogen and oxygen atoms in total. The highest BCUT2D eigenvalue weighted by Gasteiger charge is 2.28. The number of aliphatic hydroxyl groups excluding tert-OH is 4. The second-order valence-corrected chi connectivity index (χ2v) is 23.2. The zero-order valence-corrected chi connectivity index (χ0v) is 49.4. The molecule has 6 heteroatoms. The lowest BCUT2D eigenvalue weighted by atomic mass is 9.99. The molecule has 0 saturated heterocycles. The number of aliphatic hydroxyl groups is 4. The summed E-state index contributed by atoms with van der Waals surface area (Å²) in [6.07, 6.45) is 77.1. The minimum Gasteiger partial charge on any atom is -0.394 e. The van der Waals surface area contributed by atoms with Crippen molar-refractivity contribution in [2.75, 3.05) is 6.61 Å². The first kappa shape index (κ1) is 71.8. The van der Waals surface area contributed by atoms with Crippen LogP contribution in [-0.2, 0) is 4.79 Å². The van der Waals surface area contributed by atoms with Gasteiger partial charge in [-0.3, -0.25) is 4.79 Å². The van der Waals surface area contributed by atoms with Crippen LogP contribution in [0, 0.1) is 0 Å². The van der Waals surface area contributed by atoms with E-state index in [4.69, 9.17) is 0 Å². The van der Waals surface area contributed by atoms with Gasteiger partial charge in [0, 0.05) is 0 Å². The molecule has 0 aliphatic carbocycles. The zero-order valence-electron chi connectivity index (χ0n) is 49.4. The standard InChI is InChI=1S/C67H131NO5/c1-3-5-7-9-11-13-15-17-19-21-23-25-27-29-31-33-35-36-38-40-42-44-46-48-50-52-54-56-58-60-64(70)66(72)63(62-69)68-67(73)65(71)61-59-57-55-53-51-49-47-45-43-41-39-37-34-32-30-28-26-24-22-20-18-16-14-12-10-8-6-4-2/h24,26,30,32,63-66,69-72H,3-23,25,27-29,31,33-62H2,1-2H3,(H,68,73)/b26-24-,32-30-. The summed E-state index contributed by atoms with van der Waals surface area (Å²) in [5, 5.41) is 44.2. The lowest BCUT2D eigenvalue weighted by Gasteiger charge is -2.27. The van der Waals surface area contributed by atoms with Gasteiger partial charge in [-0.1, -0.05) is 346 Å². The molecule has 1 amide bonds. The topological polar surface area (TPSA) is 110 Å². The monoisotopic (exact) mass is 1030 g/mol. The summed E-state index contributed by atoms with van der Waals surface area (Å²) in [6, 6.07) is -0.987. The molecule has 0 aliphatic rings. The second-order valence-electron chi connectivity index (χ2n) is 23.2. The molecule has 0 aromatic heterocycles. The van der Waals surface area contributed by atoms with Gasteiger partial charge in [0.2, 0.25) is 5.91 Å². The van der Waals surface area contributed by atoms with Crippen LogP contribution in [0.3, 0.4) is 0 Å². The van der Waals surface area contributed by atoms with Crippen LogP contribution in [0.4, 0.5) is 0 Å². The Bertz CT molecular complexity index is 1110. The quantitative estimate of drug-likeness (QED) is 0.0308. The number of carbonyl (C=O) groups is 1. The lowest BCUT2D eigenvalue weighted by Crippen LogP contribution is -2.53. The van der Waals surface area contributed by atoms with E-state index in [1.165, 1.54) is 295 Å². The molecular formula is C67H131NO5. The number of unbranched alkanes of at least 4 members (excludes halogenated alkanes) is 49. The van der Waals surface area contributed by atoms with Crippen LogP contribution in [0.5, 0.6) is 0 Å². The highest BCUT2D eigenvalue weighted by molar-refractivity contribution is 5.80. The maximum atomic E-state index is 12.6. The first-order valence-corrected chi connectivity index (χ1v) is 33.2. The first-order valence-electron chi connectivity index (χ1n) is 33.2. The zero-order chi connectivity index (χ0) is 53.0. The van der Waals surface area contributed by atoms with Crippen LogP contribution in [0.25, 0.3) is 0 Å². The summed E-state index contributed by atoms with van der Waals surface area (Å²) in [5.41, 5.74) is 0. The summed E-state index contributed by atoms with van der Waals surface area (Å²) in [6.45, 7) is 4.10. The number of allylic oxidation sites excluding steroid dienone is 4. The highest BCUT2D eigenvalue weighted by Crippen LogP contribution is 2.19. The van der Waals surface area contributed by atoms with E-state index in [1.807, 2.05) is 0 Å². The van der Waals surface area contributed by atoms with Gasteiger partial charge in [0.05, 0.1) is 18.8 Å². The number of hydrogen-bond acceptors (Lipinski definition) is 5. The summed E-state index contributed by atoms with van der Waals surface area (Å²) >= 11 is 0. The van der Waals surface area contributed by atoms with Gasteiger partial charge in [-0.15, -0.1) is 0 Å². The van der Waals surface area contributed by atoms with E-state index in [2.05, 4.69) is 43.5 Å². The van der Waals surface area contributed by atoms with Crippen molar-refractivity contribution in [1.82, 2.24) is 5.32 Å². The summed E-state index contributed by atoms with van der Waals surface area (Å²) in [4.78, 5) is 12.6. The molecule has 0 heterocycles. The number of carbonyl (C=O) groups excluding carboxylic acids is 1. The van der Waals surface area contributed by atoms with E-state index >= 15 is 0 Å². The molecule has 0 spiro atoms. The Morgan fingerprint density at radius 1 is 0.342 bits per heavy atom. The summed E-state index contributed by atoms with van der Waals surface area (Å²) < 4.78 is 0. The first-order chi connectivity index (χ1) is 36.0. The largest absolute Gasteiger partial charge is 0.394 e. The minimum atomic E-state index is -1.26. The normalized spacial score (nSPS) is 13.7. The highest BCUT2D eigenvalue weighted by atomic mass is 16.3. The van der Waals surface area contributed by atoms with Crippen LogP contribution in [0.2, 0.25) is 0 Å². The fourth-order valence-corrected chi connectivity index (χ4v) is 10.7. The van der Waals surface area contributed by atoms with Crippen molar-refractivity contribution in [3.8, 4) is 0 Å². The van der Waals surface area contributed by atoms with E-state index < -0.39 is 36.9 Å². The van der Waals surface area contributed by atoms with Gasteiger partial charge in [-0.25, -0.2) is 0 Å². The van der Waals surface area contributed by atoms with E-state index in [-0.39, 0.29) is 0 Å². The van der Waals surface area contributed by atoms with Crippen molar-refractivity contribution in [3.05, 3.63) is 24.3 Å². The van der Waals surface area contributed by atoms with Crippen LogP contribution < -0.4 is 5.32 Å². The molecule has 0 bridgehead atoms. The van der Waals surface area contributed by atoms with Gasteiger partial charge >= 0.3 is 0 Å². The number of rotatable bonds is 62. The number of amides is 1. The van der Waals surface area contributed by atoms with Crippen molar-refractivity contribution in [2.24, 2.45) is 0 Å². The van der Waals surface area contributed by atoms with E-state index in [1.54, 1.807) is 0 Å². The van der Waals surface area contributed by atoms with Crippen molar-refractivity contribution in [2.45, 2.75) is 391 Å². The van der Waals surface area contributed by atoms with Crippen molar-refractivity contribution < 1.29 is 25.2 Å². The molecule has 0 saturated carbocycles. The Hall–Kier alpha value is -1.21. The maximum Gasteiger partial charge on any atom is 0.249 e. The van der Waals surface area contributed by atoms with Crippen LogP contribution in [0.15, 0.2) is 24.3 Å². The Balaban J connectivity index is 3.56. The van der Waals surface area contributed by atoms with Crippen LogP contribution in [0.1, 0.15) is 367 Å². The lowest BCUT2D eigenvalue weighted by molar-refractivity contribution is -0.132. The van der Waals surface area contributed by atoms with Crippen LogP contribution in [-0.4, -0.2) is 57.3 Å². The van der Waals surface area contributed by atoms with E-state index in [0.29, 0.717) is 12.8 Å². The Labute approximate surface area is 456 Å². The van der Waals surface area contributed by atoms with Gasteiger partial charge in [0.15, 0.2) is 0 Å². The molecule has 0 radical (unpaired) electrons. The molecule has 0 aliphatic heterocycles. The molecule has 5 N–H and O–H groups in total. The fraction of sp³-hybridized carbons (Fsp3) is 0.925. The van der Waals surface area contributed by atoms with Crippen molar-refractivity contribution in [1.29, 1.82) is 0 Å². The van der Waals surface area contributed by atoms with Gasteiger partial charge in [0.1, 0.15) is 12.2 Å². The smallest absolute Gasteiger partial charge is 0.249 e. The van der Waals surface area contributed by atoms with Gasteiger partial charge < -0.3 is 25.7 Å². The Kier molecular flexibility index (Phi) is 60.6. The second kappa shape index (κ2) is 61.6. The van der Waals surface area contributed by atoms with Crippen molar-refractivity contribution in [3.63, 3.8) is 0 Å². The predicted molar refractivity (Wildman–Crippen MR) is 321 cm³/mol. The summed E-state index contributed by atoms with van der Waals surface area (Å²) in [5.74, 6) is -0.579. The predicted octanol–water partition coefficient (Wildman–Crippen LogP) is 20.2. The third-order valence-corrected chi connectivity index (χ3v) is 15.9. The number of hydrogen-bond donors (Lipinski definition) is 5. The van der Waals surface area contributed by atoms with Crippen LogP contribution >= 0.6 is 0 Å². The molecule has 4 unspecified atom stereocenters. The number of nitrogens with one attached hydrogen (secondary N) is 1.